The fraction of sp³-hybridized carbons (Fsp3) is 0.533. The molecule has 0 atom stereocenters. The van der Waals surface area contributed by atoms with E-state index in [2.05, 4.69) is 33.4 Å². The highest BCUT2D eigenvalue weighted by Gasteiger charge is 2.20. The topological polar surface area (TPSA) is 29.9 Å². The van der Waals surface area contributed by atoms with Gasteiger partial charge in [-0.05, 0) is 49.0 Å². The molecule has 1 N–H and O–H groups in total. The summed E-state index contributed by atoms with van der Waals surface area (Å²) in [5, 5.41) is 4.91. The summed E-state index contributed by atoms with van der Waals surface area (Å²) >= 11 is 1.91. The number of aryl methyl sites for hydroxylation is 1. The number of nitrogens with one attached hydrogen (secondary N) is 1. The molecule has 0 saturated heterocycles. The van der Waals surface area contributed by atoms with Gasteiger partial charge in [0.15, 0.2) is 0 Å². The highest BCUT2D eigenvalue weighted by Crippen LogP contribution is 2.23. The Morgan fingerprint density at radius 3 is 3.16 bits per heavy atom. The van der Waals surface area contributed by atoms with Crippen molar-refractivity contribution in [3.63, 3.8) is 0 Å². The van der Waals surface area contributed by atoms with Gasteiger partial charge in [0.25, 0.3) is 0 Å². The second-order valence-electron chi connectivity index (χ2n) is 5.22. The molecular weight excluding hydrogens is 254 g/mol. The lowest BCUT2D eigenvalue weighted by Crippen LogP contribution is -2.14. The minimum absolute atomic E-state index is 0.756. The molecule has 1 aliphatic rings. The third-order valence-corrected chi connectivity index (χ3v) is 4.32. The first-order chi connectivity index (χ1) is 9.38. The number of fused-ring (bicyclic) bond motifs is 1. The second-order valence-corrected chi connectivity index (χ2v) is 6.21. The molecule has 4 heteroatoms. The van der Waals surface area contributed by atoms with Crippen LogP contribution in [-0.2, 0) is 13.1 Å². The number of hydrogen-bond donors (Lipinski definition) is 1. The van der Waals surface area contributed by atoms with E-state index in [1.807, 2.05) is 24.0 Å². The number of pyridine rings is 1. The molecule has 0 radical (unpaired) electrons. The molecule has 1 saturated carbocycles. The van der Waals surface area contributed by atoms with E-state index in [4.69, 9.17) is 0 Å². The van der Waals surface area contributed by atoms with Crippen LogP contribution in [-0.4, -0.2) is 27.6 Å². The van der Waals surface area contributed by atoms with Gasteiger partial charge in [0.1, 0.15) is 5.65 Å². The number of nitrogens with zero attached hydrogens (tertiary/aromatic N) is 2. The minimum Gasteiger partial charge on any atom is -0.332 e. The average Bonchev–Trinajstić information content (AvgIpc) is 3.20. The molecule has 1 aliphatic carbocycles. The van der Waals surface area contributed by atoms with Crippen LogP contribution in [0, 0.1) is 0 Å². The van der Waals surface area contributed by atoms with Gasteiger partial charge in [-0.3, -0.25) is 0 Å². The van der Waals surface area contributed by atoms with Crippen molar-refractivity contribution in [2.45, 2.75) is 38.4 Å². The van der Waals surface area contributed by atoms with Gasteiger partial charge in [-0.2, -0.15) is 11.8 Å². The summed E-state index contributed by atoms with van der Waals surface area (Å²) in [5.41, 5.74) is 2.52. The van der Waals surface area contributed by atoms with Crippen LogP contribution in [0.3, 0.4) is 0 Å². The van der Waals surface area contributed by atoms with Crippen molar-refractivity contribution in [2.24, 2.45) is 0 Å². The normalized spacial score (nSPS) is 15.2. The molecule has 2 aromatic heterocycles. The molecule has 0 spiro atoms. The largest absolute Gasteiger partial charge is 0.332 e. The third kappa shape index (κ3) is 3.12. The first kappa shape index (κ1) is 13.0. The van der Waals surface area contributed by atoms with Gasteiger partial charge < -0.3 is 9.88 Å². The molecule has 0 aromatic carbocycles. The molecule has 102 valence electrons. The van der Waals surface area contributed by atoms with E-state index in [-0.39, 0.29) is 0 Å². The number of rotatable bonds is 7. The zero-order valence-corrected chi connectivity index (χ0v) is 12.2. The van der Waals surface area contributed by atoms with Gasteiger partial charge in [0, 0.05) is 36.9 Å². The summed E-state index contributed by atoms with van der Waals surface area (Å²) in [6.07, 6.45) is 10.2. The smallest absolute Gasteiger partial charge is 0.140 e. The molecule has 3 nitrogen and oxygen atoms in total. The van der Waals surface area contributed by atoms with Crippen molar-refractivity contribution in [1.29, 1.82) is 0 Å². The number of thioether (sulfide) groups is 1. The quantitative estimate of drug-likeness (QED) is 0.788. The Bertz CT molecular complexity index is 545. The molecule has 2 heterocycles. The molecule has 1 fully saturated rings. The molecule has 0 aliphatic heterocycles. The Kier molecular flexibility index (Phi) is 4.09. The Labute approximate surface area is 118 Å². The van der Waals surface area contributed by atoms with Crippen LogP contribution < -0.4 is 5.32 Å². The summed E-state index contributed by atoms with van der Waals surface area (Å²) in [4.78, 5) is 4.55. The van der Waals surface area contributed by atoms with Crippen LogP contribution in [0.5, 0.6) is 0 Å². The number of hydrogen-bond acceptors (Lipinski definition) is 3. The van der Waals surface area contributed by atoms with Gasteiger partial charge >= 0.3 is 0 Å². The lowest BCUT2D eigenvalue weighted by atomic mass is 10.2. The van der Waals surface area contributed by atoms with E-state index in [0.717, 1.165) is 24.8 Å². The maximum atomic E-state index is 4.55. The predicted octanol–water partition coefficient (Wildman–Crippen LogP) is 3.04. The van der Waals surface area contributed by atoms with E-state index in [0.29, 0.717) is 0 Å². The van der Waals surface area contributed by atoms with E-state index >= 15 is 0 Å². The van der Waals surface area contributed by atoms with E-state index in [1.54, 1.807) is 0 Å². The molecule has 0 amide bonds. The SMILES string of the molecule is CSCCCn1cc(CNC2CC2)c2cccnc21. The summed E-state index contributed by atoms with van der Waals surface area (Å²) in [5.74, 6) is 1.21. The molecule has 3 rings (SSSR count). The Morgan fingerprint density at radius 2 is 2.37 bits per heavy atom. The van der Waals surface area contributed by atoms with Crippen molar-refractivity contribution in [3.05, 3.63) is 30.1 Å². The standard InChI is InChI=1S/C15H21N3S/c1-19-9-3-8-18-11-12(10-17-13-5-6-13)14-4-2-7-16-15(14)18/h2,4,7,11,13,17H,3,5-6,8-10H2,1H3. The highest BCUT2D eigenvalue weighted by molar-refractivity contribution is 7.98. The fourth-order valence-corrected chi connectivity index (χ4v) is 2.85. The zero-order chi connectivity index (χ0) is 13.1. The molecule has 2 aromatic rings. The first-order valence-electron chi connectivity index (χ1n) is 7.03. The molecule has 0 bridgehead atoms. The van der Waals surface area contributed by atoms with Gasteiger partial charge in [0.05, 0.1) is 0 Å². The van der Waals surface area contributed by atoms with Gasteiger partial charge in [0.2, 0.25) is 0 Å². The Hall–Kier alpha value is -1.00. The zero-order valence-electron chi connectivity index (χ0n) is 11.4. The van der Waals surface area contributed by atoms with Crippen molar-refractivity contribution in [1.82, 2.24) is 14.9 Å². The lowest BCUT2D eigenvalue weighted by Gasteiger charge is -2.02. The van der Waals surface area contributed by atoms with E-state index in [9.17, 15) is 0 Å². The summed E-state index contributed by atoms with van der Waals surface area (Å²) < 4.78 is 2.31. The van der Waals surface area contributed by atoms with Crippen molar-refractivity contribution in [2.75, 3.05) is 12.0 Å². The van der Waals surface area contributed by atoms with Crippen LogP contribution in [0.15, 0.2) is 24.5 Å². The maximum Gasteiger partial charge on any atom is 0.140 e. The Morgan fingerprint density at radius 1 is 1.47 bits per heavy atom. The van der Waals surface area contributed by atoms with Crippen molar-refractivity contribution in [3.8, 4) is 0 Å². The van der Waals surface area contributed by atoms with Crippen molar-refractivity contribution >= 4 is 22.8 Å². The fourth-order valence-electron chi connectivity index (χ4n) is 2.43. The van der Waals surface area contributed by atoms with Gasteiger partial charge in [-0.15, -0.1) is 0 Å². The molecule has 19 heavy (non-hydrogen) atoms. The van der Waals surface area contributed by atoms with Crippen LogP contribution >= 0.6 is 11.8 Å². The minimum atomic E-state index is 0.756. The van der Waals surface area contributed by atoms with Crippen LogP contribution in [0.1, 0.15) is 24.8 Å². The van der Waals surface area contributed by atoms with Crippen molar-refractivity contribution < 1.29 is 0 Å². The summed E-state index contributed by atoms with van der Waals surface area (Å²) in [7, 11) is 0. The van der Waals surface area contributed by atoms with Gasteiger partial charge in [-0.25, -0.2) is 4.98 Å². The molecular formula is C15H21N3S. The number of aromatic nitrogens is 2. The third-order valence-electron chi connectivity index (χ3n) is 3.62. The highest BCUT2D eigenvalue weighted by atomic mass is 32.2. The Balaban J connectivity index is 1.79. The van der Waals surface area contributed by atoms with Crippen LogP contribution in [0.25, 0.3) is 11.0 Å². The van der Waals surface area contributed by atoms with E-state index in [1.165, 1.54) is 36.0 Å². The predicted molar refractivity (Wildman–Crippen MR) is 82.6 cm³/mol. The molecule has 0 unspecified atom stereocenters. The first-order valence-corrected chi connectivity index (χ1v) is 8.43. The van der Waals surface area contributed by atoms with Gasteiger partial charge in [-0.1, -0.05) is 0 Å². The lowest BCUT2D eigenvalue weighted by molar-refractivity contribution is 0.674. The van der Waals surface area contributed by atoms with E-state index < -0.39 is 0 Å². The maximum absolute atomic E-state index is 4.55. The monoisotopic (exact) mass is 275 g/mol. The second kappa shape index (κ2) is 5.97. The summed E-state index contributed by atoms with van der Waals surface area (Å²) in [6, 6.07) is 4.98. The van der Waals surface area contributed by atoms with Crippen LogP contribution in [0.2, 0.25) is 0 Å². The summed E-state index contributed by atoms with van der Waals surface area (Å²) in [6.45, 7) is 2.04. The average molecular weight is 275 g/mol. The van der Waals surface area contributed by atoms with Crippen LogP contribution in [0.4, 0.5) is 0 Å².